The van der Waals surface area contributed by atoms with Crippen LogP contribution in [-0.4, -0.2) is 19.2 Å². The van der Waals surface area contributed by atoms with Crippen LogP contribution >= 0.6 is 7.26 Å². The van der Waals surface area contributed by atoms with Gasteiger partial charge >= 0.3 is 12.1 Å². The van der Waals surface area contributed by atoms with Gasteiger partial charge in [0.1, 0.15) is 23.2 Å². The summed E-state index contributed by atoms with van der Waals surface area (Å²) in [6.07, 6.45) is -3.25. The topological polar surface area (TPSA) is 26.3 Å². The van der Waals surface area contributed by atoms with E-state index in [0.29, 0.717) is 18.1 Å². The van der Waals surface area contributed by atoms with Crippen molar-refractivity contribution >= 4 is 29.1 Å². The molecule has 6 heteroatoms. The number of benzene rings is 4. The normalized spacial score (nSPS) is 12.6. The first kappa shape index (κ1) is 26.6. The van der Waals surface area contributed by atoms with E-state index >= 15 is 0 Å². The molecule has 1 atom stereocenters. The van der Waals surface area contributed by atoms with Gasteiger partial charge in [-0.1, -0.05) is 72.8 Å². The molecule has 4 rings (SSSR count). The van der Waals surface area contributed by atoms with Crippen LogP contribution in [0.1, 0.15) is 29.9 Å². The first-order valence-corrected chi connectivity index (χ1v) is 14.1. The van der Waals surface area contributed by atoms with Crippen molar-refractivity contribution in [2.75, 3.05) is 13.3 Å². The quantitative estimate of drug-likeness (QED) is 0.180. The van der Waals surface area contributed by atoms with Crippen LogP contribution in [0.5, 0.6) is 0 Å². The number of hydrogen-bond donors (Lipinski definition) is 0. The van der Waals surface area contributed by atoms with Gasteiger partial charge in [0.15, 0.2) is 0 Å². The SMILES string of the molecule is COC(=O)C[C@H](CC[P+](c1ccccc1)(c1ccccc1)c1ccccc1)c1cccc(C(F)(F)F)c1. The van der Waals surface area contributed by atoms with Gasteiger partial charge in [-0.25, -0.2) is 0 Å². The van der Waals surface area contributed by atoms with Crippen LogP contribution in [0.2, 0.25) is 0 Å². The first-order valence-electron chi connectivity index (χ1n) is 12.1. The van der Waals surface area contributed by atoms with E-state index in [-0.39, 0.29) is 6.42 Å². The Bertz CT molecular complexity index is 1200. The summed E-state index contributed by atoms with van der Waals surface area (Å²) in [5.41, 5.74) is -0.220. The predicted molar refractivity (Wildman–Crippen MR) is 145 cm³/mol. The molecule has 0 aliphatic carbocycles. The number of rotatable bonds is 9. The molecular weight excluding hydrogens is 492 g/mol. The van der Waals surface area contributed by atoms with Crippen LogP contribution in [0.15, 0.2) is 115 Å². The lowest BCUT2D eigenvalue weighted by Crippen LogP contribution is -2.34. The van der Waals surface area contributed by atoms with Gasteiger partial charge in [-0.15, -0.1) is 0 Å². The number of methoxy groups -OCH3 is 1. The second-order valence-electron chi connectivity index (χ2n) is 8.93. The van der Waals surface area contributed by atoms with Crippen molar-refractivity contribution in [3.63, 3.8) is 0 Å². The minimum absolute atomic E-state index is 0.0101. The molecule has 0 spiro atoms. The largest absolute Gasteiger partial charge is 0.469 e. The van der Waals surface area contributed by atoms with Crippen molar-refractivity contribution in [2.45, 2.75) is 24.9 Å². The Balaban J connectivity index is 1.82. The fourth-order valence-electron chi connectivity index (χ4n) is 4.87. The van der Waals surface area contributed by atoms with Crippen LogP contribution in [0, 0.1) is 0 Å². The molecule has 0 aliphatic rings. The highest BCUT2D eigenvalue weighted by Gasteiger charge is 2.45. The van der Waals surface area contributed by atoms with Gasteiger partial charge in [-0.2, -0.15) is 13.2 Å². The minimum atomic E-state index is -4.46. The predicted octanol–water partition coefficient (Wildman–Crippen LogP) is 6.74. The third kappa shape index (κ3) is 6.11. The lowest BCUT2D eigenvalue weighted by atomic mass is 9.92. The van der Waals surface area contributed by atoms with Crippen molar-refractivity contribution in [3.8, 4) is 0 Å². The smallest absolute Gasteiger partial charge is 0.416 e. The van der Waals surface area contributed by atoms with Crippen LogP contribution < -0.4 is 15.9 Å². The molecule has 37 heavy (non-hydrogen) atoms. The number of ether oxygens (including phenoxy) is 1. The average Bonchev–Trinajstić information content (AvgIpc) is 2.94. The van der Waals surface area contributed by atoms with Crippen LogP contribution in [0.4, 0.5) is 13.2 Å². The van der Waals surface area contributed by atoms with Crippen molar-refractivity contribution < 1.29 is 22.7 Å². The molecule has 0 saturated heterocycles. The molecule has 4 aromatic rings. The second-order valence-corrected chi connectivity index (χ2v) is 12.5. The Hall–Kier alpha value is -3.43. The maximum absolute atomic E-state index is 13.5. The summed E-state index contributed by atoms with van der Waals surface area (Å²) < 4.78 is 45.5. The number of carbonyl (C=O) groups is 1. The second kappa shape index (κ2) is 11.7. The lowest BCUT2D eigenvalue weighted by Gasteiger charge is -2.29. The van der Waals surface area contributed by atoms with Crippen molar-refractivity contribution in [3.05, 3.63) is 126 Å². The number of carbonyl (C=O) groups excluding carboxylic acids is 1. The van der Waals surface area contributed by atoms with Gasteiger partial charge < -0.3 is 4.74 Å². The molecule has 2 nitrogen and oxygen atoms in total. The summed E-state index contributed by atoms with van der Waals surface area (Å²) >= 11 is 0. The highest BCUT2D eigenvalue weighted by Crippen LogP contribution is 2.56. The molecule has 0 amide bonds. The Kier molecular flexibility index (Phi) is 8.45. The van der Waals surface area contributed by atoms with Crippen molar-refractivity contribution in [2.24, 2.45) is 0 Å². The van der Waals surface area contributed by atoms with E-state index in [1.165, 1.54) is 35.2 Å². The number of alkyl halides is 3. The number of hydrogen-bond acceptors (Lipinski definition) is 2. The highest BCUT2D eigenvalue weighted by atomic mass is 31.2. The molecule has 0 heterocycles. The van der Waals surface area contributed by atoms with Gasteiger partial charge in [-0.05, 0) is 60.4 Å². The maximum atomic E-state index is 13.5. The number of halogens is 3. The van der Waals surface area contributed by atoms with Crippen molar-refractivity contribution in [1.29, 1.82) is 0 Å². The third-order valence-electron chi connectivity index (χ3n) is 6.73. The summed E-state index contributed by atoms with van der Waals surface area (Å²) in [6, 6.07) is 36.2. The zero-order valence-corrected chi connectivity index (χ0v) is 21.5. The molecule has 0 aliphatic heterocycles. The Morgan fingerprint density at radius 2 is 1.24 bits per heavy atom. The van der Waals surface area contributed by atoms with E-state index < -0.39 is 30.9 Å². The zero-order valence-electron chi connectivity index (χ0n) is 20.6. The van der Waals surface area contributed by atoms with Gasteiger partial charge in [-0.3, -0.25) is 4.79 Å². The van der Waals surface area contributed by atoms with Gasteiger partial charge in [0, 0.05) is 0 Å². The van der Waals surface area contributed by atoms with Crippen LogP contribution in [-0.2, 0) is 15.7 Å². The molecule has 0 N–H and O–H groups in total. The van der Waals surface area contributed by atoms with Crippen LogP contribution in [0.3, 0.4) is 0 Å². The van der Waals surface area contributed by atoms with Gasteiger partial charge in [0.05, 0.1) is 25.3 Å². The number of esters is 1. The minimum Gasteiger partial charge on any atom is -0.469 e. The molecule has 0 unspecified atom stereocenters. The van der Waals surface area contributed by atoms with E-state index in [1.807, 2.05) is 54.6 Å². The molecular formula is C31H29F3O2P+. The zero-order chi connectivity index (χ0) is 26.3. The van der Waals surface area contributed by atoms with Crippen molar-refractivity contribution in [1.82, 2.24) is 0 Å². The lowest BCUT2D eigenvalue weighted by molar-refractivity contribution is -0.141. The first-order chi connectivity index (χ1) is 17.8. The highest BCUT2D eigenvalue weighted by molar-refractivity contribution is 7.95. The summed E-state index contributed by atoms with van der Waals surface area (Å²) in [5, 5.41) is 3.56. The van der Waals surface area contributed by atoms with E-state index in [4.69, 9.17) is 4.74 Å². The van der Waals surface area contributed by atoms with E-state index in [0.717, 1.165) is 6.07 Å². The Morgan fingerprint density at radius 1 is 0.757 bits per heavy atom. The monoisotopic (exact) mass is 521 g/mol. The summed E-state index contributed by atoms with van der Waals surface area (Å²) in [7, 11) is -0.892. The Labute approximate surface area is 216 Å². The maximum Gasteiger partial charge on any atom is 0.416 e. The van der Waals surface area contributed by atoms with E-state index in [2.05, 4.69) is 36.4 Å². The molecule has 0 fully saturated rings. The summed E-state index contributed by atoms with van der Waals surface area (Å²) in [6.45, 7) is 0. The molecule has 4 aromatic carbocycles. The molecule has 0 radical (unpaired) electrons. The standard InChI is InChI=1S/C31H29F3O2P/c1-36-30(35)23-25(24-12-11-13-26(22-24)31(32,33)34)20-21-37(27-14-5-2-6-15-27,28-16-7-3-8-17-28)29-18-9-4-10-19-29/h2-19,22,25H,20-21,23H2,1H3/q+1/t25-/m0/s1. The summed E-state index contributed by atoms with van der Waals surface area (Å²) in [5.74, 6) is -0.865. The van der Waals surface area contributed by atoms with E-state index in [1.54, 1.807) is 6.07 Å². The third-order valence-corrected chi connectivity index (χ3v) is 11.2. The van der Waals surface area contributed by atoms with Gasteiger partial charge in [0.2, 0.25) is 0 Å². The van der Waals surface area contributed by atoms with Crippen LogP contribution in [0.25, 0.3) is 0 Å². The summed E-state index contributed by atoms with van der Waals surface area (Å²) in [4.78, 5) is 12.4. The fourth-order valence-corrected chi connectivity index (χ4v) is 9.28. The Morgan fingerprint density at radius 3 is 1.68 bits per heavy atom. The molecule has 190 valence electrons. The molecule has 0 bridgehead atoms. The molecule has 0 aromatic heterocycles. The molecule has 0 saturated carbocycles. The van der Waals surface area contributed by atoms with Gasteiger partial charge in [0.25, 0.3) is 0 Å². The van der Waals surface area contributed by atoms with E-state index in [9.17, 15) is 18.0 Å². The fraction of sp³-hybridized carbons (Fsp3) is 0.194. The average molecular weight is 522 g/mol.